The summed E-state index contributed by atoms with van der Waals surface area (Å²) in [5, 5.41) is 3.27. The highest BCUT2D eigenvalue weighted by Gasteiger charge is 2.08. The van der Waals surface area contributed by atoms with Gasteiger partial charge in [-0.3, -0.25) is 0 Å². The Morgan fingerprint density at radius 3 is 2.50 bits per heavy atom. The second-order valence-corrected chi connectivity index (χ2v) is 4.74. The summed E-state index contributed by atoms with van der Waals surface area (Å²) in [5.74, 6) is 8.25. The first kappa shape index (κ1) is 14.7. The molecule has 1 aromatic heterocycles. The molecule has 0 aliphatic carbocycles. The Bertz CT molecular complexity index is 369. The van der Waals surface area contributed by atoms with Crippen molar-refractivity contribution in [1.82, 2.24) is 9.97 Å². The molecule has 0 bridgehead atoms. The fourth-order valence-electron chi connectivity index (χ4n) is 1.51. The molecule has 0 aromatic carbocycles. The van der Waals surface area contributed by atoms with Crippen LogP contribution in [0.2, 0.25) is 0 Å². The normalized spacial score (nSPS) is 12.6. The van der Waals surface area contributed by atoms with Crippen molar-refractivity contribution in [2.75, 3.05) is 31.0 Å². The maximum atomic E-state index is 5.40. The van der Waals surface area contributed by atoms with Crippen molar-refractivity contribution < 1.29 is 4.74 Å². The predicted octanol–water partition coefficient (Wildman–Crippen LogP) is 1.58. The van der Waals surface area contributed by atoms with Crippen molar-refractivity contribution in [3.05, 3.63) is 11.9 Å². The number of hydrazine groups is 1. The molecule has 18 heavy (non-hydrogen) atoms. The van der Waals surface area contributed by atoms with Gasteiger partial charge in [0.15, 0.2) is 0 Å². The van der Waals surface area contributed by atoms with Gasteiger partial charge in [0, 0.05) is 25.6 Å². The molecule has 1 aromatic rings. The highest BCUT2D eigenvalue weighted by Crippen LogP contribution is 2.16. The number of hydrogen-bond donors (Lipinski definition) is 3. The van der Waals surface area contributed by atoms with E-state index in [1.54, 1.807) is 13.2 Å². The molecule has 1 unspecified atom stereocenters. The minimum atomic E-state index is 0.259. The predicted molar refractivity (Wildman–Crippen MR) is 73.5 cm³/mol. The first-order valence-corrected chi connectivity index (χ1v) is 6.15. The number of nitrogen functional groups attached to an aromatic ring is 1. The molecule has 0 fully saturated rings. The molecule has 0 spiro atoms. The van der Waals surface area contributed by atoms with E-state index < -0.39 is 0 Å². The standard InChI is InChI=1S/C12H23N5O/c1-8(2)12-15-10(5-11(16-12)17-13)14-6-9(3)7-18-4/h5,8-9H,6-7,13H2,1-4H3,(H2,14,15,16,17). The molecule has 4 N–H and O–H groups in total. The van der Waals surface area contributed by atoms with Gasteiger partial charge >= 0.3 is 0 Å². The molecule has 102 valence electrons. The molecule has 1 atom stereocenters. The van der Waals surface area contributed by atoms with Crippen LogP contribution >= 0.6 is 0 Å². The van der Waals surface area contributed by atoms with Gasteiger partial charge < -0.3 is 15.5 Å². The smallest absolute Gasteiger partial charge is 0.145 e. The van der Waals surface area contributed by atoms with E-state index in [1.807, 2.05) is 13.8 Å². The summed E-state index contributed by atoms with van der Waals surface area (Å²) in [6.07, 6.45) is 0. The van der Waals surface area contributed by atoms with Gasteiger partial charge in [-0.25, -0.2) is 15.8 Å². The third-order valence-corrected chi connectivity index (χ3v) is 2.49. The zero-order valence-corrected chi connectivity index (χ0v) is 11.5. The van der Waals surface area contributed by atoms with E-state index in [1.165, 1.54) is 0 Å². The third-order valence-electron chi connectivity index (χ3n) is 2.49. The molecule has 6 heteroatoms. The first-order chi connectivity index (χ1) is 8.56. The zero-order valence-electron chi connectivity index (χ0n) is 11.5. The van der Waals surface area contributed by atoms with Crippen molar-refractivity contribution in [1.29, 1.82) is 0 Å². The monoisotopic (exact) mass is 253 g/mol. The van der Waals surface area contributed by atoms with Crippen LogP contribution in [0.1, 0.15) is 32.5 Å². The van der Waals surface area contributed by atoms with E-state index in [4.69, 9.17) is 10.6 Å². The Morgan fingerprint density at radius 2 is 1.94 bits per heavy atom. The van der Waals surface area contributed by atoms with Crippen LogP contribution < -0.4 is 16.6 Å². The lowest BCUT2D eigenvalue weighted by Crippen LogP contribution is -2.18. The molecule has 0 saturated carbocycles. The van der Waals surface area contributed by atoms with E-state index in [-0.39, 0.29) is 5.92 Å². The van der Waals surface area contributed by atoms with Gasteiger partial charge in [-0.15, -0.1) is 0 Å². The summed E-state index contributed by atoms with van der Waals surface area (Å²) in [5.41, 5.74) is 2.56. The number of hydrogen-bond acceptors (Lipinski definition) is 6. The minimum absolute atomic E-state index is 0.259. The van der Waals surface area contributed by atoms with E-state index in [2.05, 4.69) is 27.6 Å². The van der Waals surface area contributed by atoms with Crippen LogP contribution in [0, 0.1) is 5.92 Å². The minimum Gasteiger partial charge on any atom is -0.384 e. The Labute approximate surface area is 108 Å². The number of ether oxygens (including phenoxy) is 1. The SMILES string of the molecule is COCC(C)CNc1cc(NN)nc(C(C)C)n1. The van der Waals surface area contributed by atoms with Gasteiger partial charge in [0.25, 0.3) is 0 Å². The molecule has 1 heterocycles. The van der Waals surface area contributed by atoms with Gasteiger partial charge in [-0.05, 0) is 5.92 Å². The van der Waals surface area contributed by atoms with Crippen LogP contribution in [0.4, 0.5) is 11.6 Å². The van der Waals surface area contributed by atoms with Crippen molar-refractivity contribution in [2.45, 2.75) is 26.7 Å². The van der Waals surface area contributed by atoms with Crippen molar-refractivity contribution in [3.8, 4) is 0 Å². The van der Waals surface area contributed by atoms with Crippen LogP contribution in [-0.4, -0.2) is 30.2 Å². The maximum Gasteiger partial charge on any atom is 0.145 e. The molecule has 0 radical (unpaired) electrons. The molecule has 0 aliphatic rings. The van der Waals surface area contributed by atoms with Gasteiger partial charge in [-0.1, -0.05) is 20.8 Å². The van der Waals surface area contributed by atoms with Gasteiger partial charge in [0.1, 0.15) is 17.5 Å². The molecular formula is C12H23N5O. The highest BCUT2D eigenvalue weighted by molar-refractivity contribution is 5.47. The van der Waals surface area contributed by atoms with E-state index in [9.17, 15) is 0 Å². The Hall–Kier alpha value is -1.40. The van der Waals surface area contributed by atoms with Crippen LogP contribution in [-0.2, 0) is 4.74 Å². The van der Waals surface area contributed by atoms with E-state index in [0.29, 0.717) is 11.7 Å². The van der Waals surface area contributed by atoms with E-state index in [0.717, 1.165) is 24.8 Å². The fraction of sp³-hybridized carbons (Fsp3) is 0.667. The van der Waals surface area contributed by atoms with Crippen LogP contribution in [0.3, 0.4) is 0 Å². The summed E-state index contributed by atoms with van der Waals surface area (Å²) in [7, 11) is 1.70. The van der Waals surface area contributed by atoms with Crippen LogP contribution in [0.25, 0.3) is 0 Å². The fourth-order valence-corrected chi connectivity index (χ4v) is 1.51. The number of nitrogens with one attached hydrogen (secondary N) is 2. The molecule has 1 rings (SSSR count). The maximum absolute atomic E-state index is 5.40. The Balaban J connectivity index is 2.72. The number of methoxy groups -OCH3 is 1. The highest BCUT2D eigenvalue weighted by atomic mass is 16.5. The molecular weight excluding hydrogens is 230 g/mol. The number of anilines is 2. The van der Waals surface area contributed by atoms with Crippen molar-refractivity contribution in [2.24, 2.45) is 11.8 Å². The van der Waals surface area contributed by atoms with Gasteiger partial charge in [0.05, 0.1) is 6.61 Å². The summed E-state index contributed by atoms with van der Waals surface area (Å²) >= 11 is 0. The summed E-state index contributed by atoms with van der Waals surface area (Å²) in [6, 6.07) is 1.80. The Kier molecular flexibility index (Phi) is 5.80. The average Bonchev–Trinajstić information content (AvgIpc) is 2.36. The summed E-state index contributed by atoms with van der Waals surface area (Å²) in [6.45, 7) is 7.73. The van der Waals surface area contributed by atoms with Crippen molar-refractivity contribution in [3.63, 3.8) is 0 Å². The molecule has 0 amide bonds. The quantitative estimate of drug-likeness (QED) is 0.505. The summed E-state index contributed by atoms with van der Waals surface area (Å²) < 4.78 is 5.09. The molecule has 0 aliphatic heterocycles. The van der Waals surface area contributed by atoms with Gasteiger partial charge in [-0.2, -0.15) is 0 Å². The average molecular weight is 253 g/mol. The second kappa shape index (κ2) is 7.13. The number of nitrogens with zero attached hydrogens (tertiary/aromatic N) is 2. The van der Waals surface area contributed by atoms with Crippen LogP contribution in [0.15, 0.2) is 6.07 Å². The lowest BCUT2D eigenvalue weighted by Gasteiger charge is -2.14. The number of nitrogens with two attached hydrogens (primary N) is 1. The largest absolute Gasteiger partial charge is 0.384 e. The second-order valence-electron chi connectivity index (χ2n) is 4.74. The van der Waals surface area contributed by atoms with Crippen molar-refractivity contribution >= 4 is 11.6 Å². The third kappa shape index (κ3) is 4.46. The van der Waals surface area contributed by atoms with Gasteiger partial charge in [0.2, 0.25) is 0 Å². The lowest BCUT2D eigenvalue weighted by molar-refractivity contribution is 0.164. The van der Waals surface area contributed by atoms with E-state index >= 15 is 0 Å². The molecule has 6 nitrogen and oxygen atoms in total. The lowest BCUT2D eigenvalue weighted by atomic mass is 10.2. The number of rotatable bonds is 7. The molecule has 0 saturated heterocycles. The number of aromatic nitrogens is 2. The summed E-state index contributed by atoms with van der Waals surface area (Å²) in [4.78, 5) is 8.76. The first-order valence-electron chi connectivity index (χ1n) is 6.15. The van der Waals surface area contributed by atoms with Crippen LogP contribution in [0.5, 0.6) is 0 Å². The zero-order chi connectivity index (χ0) is 13.5. The Morgan fingerprint density at radius 1 is 1.28 bits per heavy atom. The topological polar surface area (TPSA) is 85.1 Å².